The number of halogens is 1. The molecule has 1 aromatic heterocycles. The molecule has 2 aromatic rings. The Labute approximate surface area is 139 Å². The van der Waals surface area contributed by atoms with Gasteiger partial charge >= 0.3 is 0 Å². The van der Waals surface area contributed by atoms with Gasteiger partial charge in [0, 0.05) is 19.6 Å². The highest BCUT2D eigenvalue weighted by atomic mass is 19.1. The summed E-state index contributed by atoms with van der Waals surface area (Å²) in [5.41, 5.74) is 0.311. The molecule has 1 saturated heterocycles. The summed E-state index contributed by atoms with van der Waals surface area (Å²) in [4.78, 5) is 15.1. The van der Waals surface area contributed by atoms with Crippen LogP contribution in [-0.2, 0) is 4.74 Å². The first-order valence-electron chi connectivity index (χ1n) is 7.71. The van der Waals surface area contributed by atoms with E-state index in [0.29, 0.717) is 50.4 Å². The molecule has 0 radical (unpaired) electrons. The Kier molecular flexibility index (Phi) is 5.17. The molecule has 1 aromatic carbocycles. The van der Waals surface area contributed by atoms with Gasteiger partial charge in [0.05, 0.1) is 18.9 Å². The quantitative estimate of drug-likeness (QED) is 0.786. The number of nitrogens with zero attached hydrogens (tertiary/aromatic N) is 4. The van der Waals surface area contributed by atoms with Gasteiger partial charge in [0.15, 0.2) is 0 Å². The summed E-state index contributed by atoms with van der Waals surface area (Å²) >= 11 is 0. The molecular formula is C16H19FN6O. The maximum atomic E-state index is 13.8. The van der Waals surface area contributed by atoms with E-state index in [4.69, 9.17) is 4.74 Å². The average molecular weight is 330 g/mol. The van der Waals surface area contributed by atoms with Crippen molar-refractivity contribution in [2.45, 2.75) is 0 Å². The van der Waals surface area contributed by atoms with Crippen LogP contribution in [0.1, 0.15) is 0 Å². The van der Waals surface area contributed by atoms with Gasteiger partial charge < -0.3 is 20.3 Å². The summed E-state index contributed by atoms with van der Waals surface area (Å²) in [5, 5.41) is 5.95. The van der Waals surface area contributed by atoms with E-state index in [1.165, 1.54) is 6.07 Å². The highest BCUT2D eigenvalue weighted by molar-refractivity contribution is 5.56. The van der Waals surface area contributed by atoms with Gasteiger partial charge in [-0.1, -0.05) is 18.2 Å². The van der Waals surface area contributed by atoms with Gasteiger partial charge in [-0.2, -0.15) is 15.0 Å². The number of nitrogens with one attached hydrogen (secondary N) is 2. The molecule has 126 valence electrons. The van der Waals surface area contributed by atoms with Crippen LogP contribution in [0.4, 0.5) is 27.9 Å². The van der Waals surface area contributed by atoms with Gasteiger partial charge in [-0.25, -0.2) is 4.39 Å². The number of benzene rings is 1. The van der Waals surface area contributed by atoms with Crippen molar-refractivity contribution < 1.29 is 9.13 Å². The molecular weight excluding hydrogens is 311 g/mol. The predicted molar refractivity (Wildman–Crippen MR) is 91.2 cm³/mol. The lowest BCUT2D eigenvalue weighted by atomic mass is 10.3. The number of para-hydroxylation sites is 1. The molecule has 1 aliphatic heterocycles. The lowest BCUT2D eigenvalue weighted by molar-refractivity contribution is 0.122. The van der Waals surface area contributed by atoms with Gasteiger partial charge in [-0.05, 0) is 12.1 Å². The Balaban J connectivity index is 1.88. The van der Waals surface area contributed by atoms with E-state index in [0.717, 1.165) is 0 Å². The standard InChI is InChI=1S/C16H19FN6O/c1-2-7-18-14-20-15(19-13-6-4-3-5-12(13)17)22-16(21-14)23-8-10-24-11-9-23/h2-6H,1,7-11H2,(H2,18,19,20,21,22). The van der Waals surface area contributed by atoms with E-state index in [9.17, 15) is 4.39 Å². The molecule has 8 heteroatoms. The number of rotatable bonds is 6. The zero-order chi connectivity index (χ0) is 16.8. The van der Waals surface area contributed by atoms with Crippen LogP contribution in [0.2, 0.25) is 0 Å². The monoisotopic (exact) mass is 330 g/mol. The highest BCUT2D eigenvalue weighted by Gasteiger charge is 2.17. The first-order valence-corrected chi connectivity index (χ1v) is 7.71. The molecule has 0 saturated carbocycles. The van der Waals surface area contributed by atoms with Crippen molar-refractivity contribution in [3.05, 3.63) is 42.7 Å². The fourth-order valence-electron chi connectivity index (χ4n) is 2.25. The molecule has 0 amide bonds. The number of hydrogen-bond acceptors (Lipinski definition) is 7. The SMILES string of the molecule is C=CCNc1nc(Nc2ccccc2F)nc(N2CCOCC2)n1. The molecule has 0 aliphatic carbocycles. The van der Waals surface area contributed by atoms with Gasteiger partial charge in [-0.15, -0.1) is 6.58 Å². The minimum absolute atomic E-state index is 0.281. The molecule has 0 atom stereocenters. The second-order valence-electron chi connectivity index (χ2n) is 5.16. The Bertz CT molecular complexity index is 705. The van der Waals surface area contributed by atoms with E-state index < -0.39 is 0 Å². The highest BCUT2D eigenvalue weighted by Crippen LogP contribution is 2.20. The summed E-state index contributed by atoms with van der Waals surface area (Å²) in [6, 6.07) is 6.38. The summed E-state index contributed by atoms with van der Waals surface area (Å²) in [7, 11) is 0. The predicted octanol–water partition coefficient (Wildman–Crippen LogP) is 2.19. The summed E-state index contributed by atoms with van der Waals surface area (Å²) in [6.45, 7) is 6.82. The fourth-order valence-corrected chi connectivity index (χ4v) is 2.25. The lowest BCUT2D eigenvalue weighted by Gasteiger charge is -2.27. The Morgan fingerprint density at radius 2 is 1.92 bits per heavy atom. The van der Waals surface area contributed by atoms with Crippen LogP contribution in [0, 0.1) is 5.82 Å². The van der Waals surface area contributed by atoms with E-state index in [2.05, 4.69) is 32.2 Å². The molecule has 1 aliphatic rings. The second-order valence-corrected chi connectivity index (χ2v) is 5.16. The van der Waals surface area contributed by atoms with Crippen molar-refractivity contribution in [3.63, 3.8) is 0 Å². The summed E-state index contributed by atoms with van der Waals surface area (Å²) in [5.74, 6) is 0.846. The van der Waals surface area contributed by atoms with Crippen molar-refractivity contribution in [1.82, 2.24) is 15.0 Å². The lowest BCUT2D eigenvalue weighted by Crippen LogP contribution is -2.37. The van der Waals surface area contributed by atoms with Crippen molar-refractivity contribution in [1.29, 1.82) is 0 Å². The average Bonchev–Trinajstić information content (AvgIpc) is 2.62. The molecule has 0 unspecified atom stereocenters. The van der Waals surface area contributed by atoms with Crippen LogP contribution in [0.3, 0.4) is 0 Å². The molecule has 7 nitrogen and oxygen atoms in total. The maximum absolute atomic E-state index is 13.8. The second kappa shape index (κ2) is 7.69. The van der Waals surface area contributed by atoms with E-state index in [1.807, 2.05) is 4.90 Å². The molecule has 2 heterocycles. The molecule has 3 rings (SSSR count). The number of ether oxygens (including phenoxy) is 1. The Hall–Kier alpha value is -2.74. The van der Waals surface area contributed by atoms with Crippen LogP contribution >= 0.6 is 0 Å². The topological polar surface area (TPSA) is 75.2 Å². The Morgan fingerprint density at radius 1 is 1.17 bits per heavy atom. The van der Waals surface area contributed by atoms with E-state index in [1.54, 1.807) is 24.3 Å². The van der Waals surface area contributed by atoms with Crippen molar-refractivity contribution in [2.75, 3.05) is 48.4 Å². The largest absolute Gasteiger partial charge is 0.378 e. The smallest absolute Gasteiger partial charge is 0.233 e. The zero-order valence-corrected chi connectivity index (χ0v) is 13.2. The minimum atomic E-state index is -0.369. The van der Waals surface area contributed by atoms with E-state index in [-0.39, 0.29) is 11.8 Å². The first kappa shape index (κ1) is 16.1. The van der Waals surface area contributed by atoms with Gasteiger partial charge in [0.1, 0.15) is 5.82 Å². The fraction of sp³-hybridized carbons (Fsp3) is 0.312. The van der Waals surface area contributed by atoms with Crippen molar-refractivity contribution in [2.24, 2.45) is 0 Å². The number of anilines is 4. The third-order valence-corrected chi connectivity index (χ3v) is 3.44. The molecule has 0 spiro atoms. The van der Waals surface area contributed by atoms with Crippen molar-refractivity contribution >= 4 is 23.5 Å². The van der Waals surface area contributed by atoms with Crippen LogP contribution < -0.4 is 15.5 Å². The number of aromatic nitrogens is 3. The maximum Gasteiger partial charge on any atom is 0.233 e. The zero-order valence-electron chi connectivity index (χ0n) is 13.2. The molecule has 0 bridgehead atoms. The number of hydrogen-bond donors (Lipinski definition) is 2. The summed E-state index contributed by atoms with van der Waals surface area (Å²) in [6.07, 6.45) is 1.71. The minimum Gasteiger partial charge on any atom is -0.378 e. The third-order valence-electron chi connectivity index (χ3n) is 3.44. The first-order chi connectivity index (χ1) is 11.8. The van der Waals surface area contributed by atoms with Crippen LogP contribution in [0.25, 0.3) is 0 Å². The van der Waals surface area contributed by atoms with Gasteiger partial charge in [0.2, 0.25) is 17.8 Å². The Morgan fingerprint density at radius 3 is 2.67 bits per heavy atom. The summed E-state index contributed by atoms with van der Waals surface area (Å²) < 4.78 is 19.2. The molecule has 1 fully saturated rings. The molecule has 2 N–H and O–H groups in total. The van der Waals surface area contributed by atoms with Crippen LogP contribution in [0.15, 0.2) is 36.9 Å². The van der Waals surface area contributed by atoms with Crippen LogP contribution in [-0.4, -0.2) is 47.8 Å². The van der Waals surface area contributed by atoms with Gasteiger partial charge in [0.25, 0.3) is 0 Å². The van der Waals surface area contributed by atoms with Crippen molar-refractivity contribution in [3.8, 4) is 0 Å². The normalized spacial score (nSPS) is 14.3. The van der Waals surface area contributed by atoms with Gasteiger partial charge in [-0.3, -0.25) is 0 Å². The van der Waals surface area contributed by atoms with E-state index >= 15 is 0 Å². The third kappa shape index (κ3) is 3.96. The molecule has 24 heavy (non-hydrogen) atoms. The van der Waals surface area contributed by atoms with Crippen LogP contribution in [0.5, 0.6) is 0 Å². The number of morpholine rings is 1.